The van der Waals surface area contributed by atoms with Crippen LogP contribution in [0.25, 0.3) is 22.3 Å². The lowest BCUT2D eigenvalue weighted by Gasteiger charge is -2.25. The fourth-order valence-corrected chi connectivity index (χ4v) is 7.19. The predicted octanol–water partition coefficient (Wildman–Crippen LogP) is -2.34. The maximum atomic E-state index is 13.2. The summed E-state index contributed by atoms with van der Waals surface area (Å²) in [4.78, 5) is 55.8. The monoisotopic (exact) mass is 674 g/mol. The fraction of sp³-hybridized carbons (Fsp3) is 0.500. The summed E-state index contributed by atoms with van der Waals surface area (Å²) in [6, 6.07) is 0. The van der Waals surface area contributed by atoms with Crippen molar-refractivity contribution in [3.05, 3.63) is 29.3 Å². The van der Waals surface area contributed by atoms with Gasteiger partial charge >= 0.3 is 15.6 Å². The summed E-state index contributed by atoms with van der Waals surface area (Å²) >= 11 is 0. The maximum Gasteiger partial charge on any atom is 0.472 e. The van der Waals surface area contributed by atoms with Gasteiger partial charge in [0.2, 0.25) is 5.95 Å². The summed E-state index contributed by atoms with van der Waals surface area (Å²) in [6.07, 6.45) is -9.21. The van der Waals surface area contributed by atoms with Crippen LogP contribution in [0, 0.1) is 0 Å². The molecule has 0 radical (unpaired) electrons. The van der Waals surface area contributed by atoms with Crippen molar-refractivity contribution in [1.29, 1.82) is 0 Å². The second-order valence-electron chi connectivity index (χ2n) is 10.1. The minimum absolute atomic E-state index is 0.0343. The topological polar surface area (TPSA) is 330 Å². The van der Waals surface area contributed by atoms with E-state index < -0.39 is 83.5 Å². The van der Waals surface area contributed by atoms with E-state index >= 15 is 0 Å². The fourth-order valence-electron chi connectivity index (χ4n) is 5.30. The SMILES string of the molecule is Nc1nc2c(ncn2[C@@H]2O[C@@H]3COP(=O)(O)O[C@H]4[C@@H](O)[C@H](n5cnc6c(N)ncnc65)O[C@@H]4COP(=O)(O)O[C@@H]2C3O)c(=O)[nH]1. The molecule has 242 valence electrons. The molecule has 2 bridgehead atoms. The Bertz CT molecular complexity index is 1940. The summed E-state index contributed by atoms with van der Waals surface area (Å²) in [5, 5.41) is 22.1. The van der Waals surface area contributed by atoms with Crippen LogP contribution in [0.15, 0.2) is 23.8 Å². The molecule has 4 aromatic rings. The summed E-state index contributed by atoms with van der Waals surface area (Å²) < 4.78 is 61.0. The smallest absolute Gasteiger partial charge is 0.387 e. The van der Waals surface area contributed by atoms with Gasteiger partial charge in [0.1, 0.15) is 48.5 Å². The zero-order chi connectivity index (χ0) is 31.8. The quantitative estimate of drug-likeness (QED) is 0.109. The molecule has 3 aliphatic rings. The molecule has 0 spiro atoms. The van der Waals surface area contributed by atoms with Gasteiger partial charge in [0.05, 0.1) is 25.9 Å². The highest BCUT2D eigenvalue weighted by molar-refractivity contribution is 7.47. The number of aromatic amines is 1. The number of nitrogens with zero attached hydrogens (tertiary/aromatic N) is 7. The van der Waals surface area contributed by atoms with E-state index in [-0.39, 0.29) is 34.1 Å². The molecule has 25 heteroatoms. The van der Waals surface area contributed by atoms with E-state index in [1.807, 2.05) is 0 Å². The first-order chi connectivity index (χ1) is 21.3. The molecule has 0 aliphatic carbocycles. The molecule has 7 rings (SSSR count). The molecule has 45 heavy (non-hydrogen) atoms. The first kappa shape index (κ1) is 30.2. The van der Waals surface area contributed by atoms with E-state index in [9.17, 15) is 33.9 Å². The molecule has 3 aliphatic heterocycles. The number of nitrogens with one attached hydrogen (secondary N) is 1. The number of phosphoric ester groups is 2. The van der Waals surface area contributed by atoms with Gasteiger partial charge in [-0.2, -0.15) is 4.98 Å². The van der Waals surface area contributed by atoms with Crippen molar-refractivity contribution in [3.63, 3.8) is 0 Å². The number of H-pyrrole nitrogens is 1. The van der Waals surface area contributed by atoms with Crippen LogP contribution in [-0.2, 0) is 36.7 Å². The normalized spacial score (nSPS) is 37.7. The number of anilines is 2. The standard InChI is InChI=1S/C20H24N10O13P2/c21-14-8-15(24-3-23-14)29(4-25-8)18-11(32)12-7(41-18)2-39-45(36,37)43-13-10(31)6(1-38-44(34,35)42-12)40-19(13)30-5-26-9-16(30)27-20(22)28-17(9)33/h3-7,10-13,18-19,31-32H,1-2H2,(H,34,35)(H,36,37)(H2,21,23,24)(H3,22,27,28,33)/t6-,7-,10?,11-,12-,13-,18-,19-/m1/s1. The molecule has 10 atom stereocenters. The van der Waals surface area contributed by atoms with Gasteiger partial charge < -0.3 is 40.9 Å². The molecule has 0 saturated carbocycles. The van der Waals surface area contributed by atoms with Crippen LogP contribution in [0.2, 0.25) is 0 Å². The van der Waals surface area contributed by atoms with Crippen molar-refractivity contribution in [3.8, 4) is 0 Å². The summed E-state index contributed by atoms with van der Waals surface area (Å²) in [6.45, 7) is -1.65. The van der Waals surface area contributed by atoms with Crippen LogP contribution < -0.4 is 17.0 Å². The largest absolute Gasteiger partial charge is 0.472 e. The lowest BCUT2D eigenvalue weighted by molar-refractivity contribution is -0.0672. The number of ether oxygens (including phenoxy) is 2. The van der Waals surface area contributed by atoms with Gasteiger partial charge in [0.25, 0.3) is 5.56 Å². The number of phosphoric acid groups is 2. The highest BCUT2D eigenvalue weighted by Gasteiger charge is 2.54. The molecule has 0 aromatic carbocycles. The Kier molecular flexibility index (Phi) is 7.27. The van der Waals surface area contributed by atoms with Crippen molar-refractivity contribution in [2.75, 3.05) is 24.7 Å². The summed E-state index contributed by atoms with van der Waals surface area (Å²) in [7, 11) is -10.2. The zero-order valence-electron chi connectivity index (χ0n) is 22.4. The number of hydrogen-bond donors (Lipinski definition) is 7. The Hall–Kier alpha value is -3.44. The van der Waals surface area contributed by atoms with Crippen molar-refractivity contribution in [1.82, 2.24) is 39.0 Å². The number of aromatic nitrogens is 8. The van der Waals surface area contributed by atoms with Gasteiger partial charge in [-0.1, -0.05) is 0 Å². The van der Waals surface area contributed by atoms with Crippen LogP contribution >= 0.6 is 15.6 Å². The van der Waals surface area contributed by atoms with Gasteiger partial charge in [-0.25, -0.2) is 29.1 Å². The summed E-state index contributed by atoms with van der Waals surface area (Å²) in [5.41, 5.74) is 10.8. The molecule has 0 amide bonds. The summed E-state index contributed by atoms with van der Waals surface area (Å²) in [5.74, 6) is -0.250. The number of imidazole rings is 2. The van der Waals surface area contributed by atoms with E-state index in [4.69, 9.17) is 39.0 Å². The number of aliphatic hydroxyl groups excluding tert-OH is 2. The van der Waals surface area contributed by atoms with Crippen LogP contribution in [0.3, 0.4) is 0 Å². The predicted molar refractivity (Wildman–Crippen MR) is 143 cm³/mol. The van der Waals surface area contributed by atoms with Gasteiger partial charge in [0, 0.05) is 0 Å². The zero-order valence-corrected chi connectivity index (χ0v) is 24.2. The Morgan fingerprint density at radius 3 is 2.18 bits per heavy atom. The minimum Gasteiger partial charge on any atom is -0.387 e. The van der Waals surface area contributed by atoms with E-state index in [0.717, 1.165) is 17.2 Å². The third-order valence-electron chi connectivity index (χ3n) is 7.32. The lowest BCUT2D eigenvalue weighted by Crippen LogP contribution is -2.36. The van der Waals surface area contributed by atoms with E-state index in [2.05, 4.69) is 29.9 Å². The molecular formula is C20H24N10O13P2. The average Bonchev–Trinajstić information content (AvgIpc) is 3.72. The maximum absolute atomic E-state index is 13.2. The minimum atomic E-state index is -5.11. The van der Waals surface area contributed by atoms with Gasteiger partial charge in [-0.15, -0.1) is 0 Å². The van der Waals surface area contributed by atoms with Crippen molar-refractivity contribution in [2.45, 2.75) is 49.1 Å². The van der Waals surface area contributed by atoms with Crippen LogP contribution in [0.5, 0.6) is 0 Å². The Balaban J connectivity index is 1.21. The van der Waals surface area contributed by atoms with Crippen LogP contribution in [0.4, 0.5) is 11.8 Å². The lowest BCUT2D eigenvalue weighted by atomic mass is 10.1. The van der Waals surface area contributed by atoms with Crippen molar-refractivity contribution >= 4 is 49.7 Å². The number of nitrogen functional groups attached to an aromatic ring is 2. The second-order valence-corrected chi connectivity index (χ2v) is 13.0. The number of hydrogen-bond acceptors (Lipinski definition) is 18. The highest BCUT2D eigenvalue weighted by Crippen LogP contribution is 2.53. The molecule has 7 heterocycles. The third-order valence-corrected chi connectivity index (χ3v) is 9.29. The first-order valence-electron chi connectivity index (χ1n) is 13.0. The first-order valence-corrected chi connectivity index (χ1v) is 15.9. The molecule has 3 saturated heterocycles. The van der Waals surface area contributed by atoms with Gasteiger partial charge in [0.15, 0.2) is 35.1 Å². The van der Waals surface area contributed by atoms with Crippen molar-refractivity contribution < 1.29 is 56.7 Å². The van der Waals surface area contributed by atoms with E-state index in [1.54, 1.807) is 0 Å². The molecular weight excluding hydrogens is 650 g/mol. The van der Waals surface area contributed by atoms with E-state index in [1.165, 1.54) is 10.9 Å². The third kappa shape index (κ3) is 5.31. The Morgan fingerprint density at radius 1 is 0.822 bits per heavy atom. The number of nitrogens with two attached hydrogens (primary N) is 2. The van der Waals surface area contributed by atoms with Crippen molar-refractivity contribution in [2.24, 2.45) is 0 Å². The van der Waals surface area contributed by atoms with Crippen LogP contribution in [0.1, 0.15) is 12.5 Å². The highest BCUT2D eigenvalue weighted by atomic mass is 31.2. The molecule has 4 aromatic heterocycles. The molecule has 3 unspecified atom stereocenters. The number of rotatable bonds is 2. The molecule has 23 nitrogen and oxygen atoms in total. The van der Waals surface area contributed by atoms with Gasteiger partial charge in [-0.3, -0.25) is 37.0 Å². The van der Waals surface area contributed by atoms with Gasteiger partial charge in [-0.05, 0) is 0 Å². The number of aliphatic hydroxyl groups is 2. The number of fused-ring (bicyclic) bond motifs is 5. The molecule has 9 N–H and O–H groups in total. The Morgan fingerprint density at radius 2 is 1.44 bits per heavy atom. The van der Waals surface area contributed by atoms with Crippen LogP contribution in [-0.4, -0.2) is 109 Å². The molecule has 3 fully saturated rings. The van der Waals surface area contributed by atoms with E-state index in [0.29, 0.717) is 0 Å². The Labute approximate surface area is 248 Å². The second kappa shape index (κ2) is 10.8. The average molecular weight is 674 g/mol.